The van der Waals surface area contributed by atoms with E-state index in [4.69, 9.17) is 5.11 Å². The number of hydrogen-bond acceptors (Lipinski definition) is 3. The van der Waals surface area contributed by atoms with Crippen molar-refractivity contribution in [1.82, 2.24) is 10.6 Å². The molecule has 6 nitrogen and oxygen atoms in total. The molecule has 2 aliphatic carbocycles. The van der Waals surface area contributed by atoms with Crippen molar-refractivity contribution < 1.29 is 19.8 Å². The van der Waals surface area contributed by atoms with E-state index in [1.54, 1.807) is 0 Å². The number of carbonyl (C=O) groups is 2. The summed E-state index contributed by atoms with van der Waals surface area (Å²) in [5.74, 6) is -1.33. The monoisotopic (exact) mass is 284 g/mol. The van der Waals surface area contributed by atoms with E-state index in [1.165, 1.54) is 0 Å². The minimum Gasteiger partial charge on any atom is -0.481 e. The van der Waals surface area contributed by atoms with Gasteiger partial charge in [-0.25, -0.2) is 4.79 Å². The molecule has 0 radical (unpaired) electrons. The van der Waals surface area contributed by atoms with E-state index in [2.05, 4.69) is 10.6 Å². The van der Waals surface area contributed by atoms with Gasteiger partial charge in [-0.15, -0.1) is 0 Å². The third kappa shape index (κ3) is 3.85. The number of nitrogens with one attached hydrogen (secondary N) is 2. The quantitative estimate of drug-likeness (QED) is 0.586. The molecule has 0 aromatic heterocycles. The fraction of sp³-hybridized carbons (Fsp3) is 0.857. The van der Waals surface area contributed by atoms with Crippen LogP contribution in [0.15, 0.2) is 0 Å². The van der Waals surface area contributed by atoms with Crippen LogP contribution in [0.1, 0.15) is 51.4 Å². The van der Waals surface area contributed by atoms with Gasteiger partial charge >= 0.3 is 12.0 Å². The molecule has 4 unspecified atom stereocenters. The van der Waals surface area contributed by atoms with Crippen LogP contribution in [-0.4, -0.2) is 40.4 Å². The Bertz CT molecular complexity index is 361. The summed E-state index contributed by atoms with van der Waals surface area (Å²) < 4.78 is 0. The highest BCUT2D eigenvalue weighted by Gasteiger charge is 2.34. The molecule has 2 fully saturated rings. The lowest BCUT2D eigenvalue weighted by molar-refractivity contribution is -0.142. The second kappa shape index (κ2) is 6.92. The molecule has 2 saturated carbocycles. The van der Waals surface area contributed by atoms with Gasteiger partial charge in [0.05, 0.1) is 18.1 Å². The van der Waals surface area contributed by atoms with Gasteiger partial charge in [0.2, 0.25) is 0 Å². The maximum atomic E-state index is 12.0. The second-order valence-corrected chi connectivity index (χ2v) is 5.91. The van der Waals surface area contributed by atoms with Gasteiger partial charge in [-0.1, -0.05) is 25.7 Å². The van der Waals surface area contributed by atoms with Crippen molar-refractivity contribution in [2.75, 3.05) is 0 Å². The van der Waals surface area contributed by atoms with Crippen molar-refractivity contribution in [3.63, 3.8) is 0 Å². The van der Waals surface area contributed by atoms with Gasteiger partial charge in [-0.3, -0.25) is 4.79 Å². The number of hydrogen-bond donors (Lipinski definition) is 4. The molecule has 2 amide bonds. The third-order valence-electron chi connectivity index (χ3n) is 4.45. The van der Waals surface area contributed by atoms with Crippen molar-refractivity contribution in [1.29, 1.82) is 0 Å². The van der Waals surface area contributed by atoms with Gasteiger partial charge < -0.3 is 20.8 Å². The Hall–Kier alpha value is -1.30. The van der Waals surface area contributed by atoms with Crippen LogP contribution in [0, 0.1) is 5.92 Å². The molecule has 4 atom stereocenters. The van der Waals surface area contributed by atoms with Gasteiger partial charge in [-0.2, -0.15) is 0 Å². The van der Waals surface area contributed by atoms with Crippen LogP contribution in [0.25, 0.3) is 0 Å². The maximum Gasteiger partial charge on any atom is 0.315 e. The first kappa shape index (κ1) is 15.1. The Morgan fingerprint density at radius 2 is 1.50 bits per heavy atom. The molecule has 0 bridgehead atoms. The van der Waals surface area contributed by atoms with Crippen molar-refractivity contribution in [2.45, 2.75) is 69.6 Å². The van der Waals surface area contributed by atoms with Gasteiger partial charge in [0.25, 0.3) is 0 Å². The highest BCUT2D eigenvalue weighted by Crippen LogP contribution is 2.26. The summed E-state index contributed by atoms with van der Waals surface area (Å²) in [7, 11) is 0. The largest absolute Gasteiger partial charge is 0.481 e. The van der Waals surface area contributed by atoms with Crippen LogP contribution in [0.5, 0.6) is 0 Å². The van der Waals surface area contributed by atoms with Gasteiger partial charge in [0.15, 0.2) is 0 Å². The average Bonchev–Trinajstić information content (AvgIpc) is 2.75. The molecule has 20 heavy (non-hydrogen) atoms. The molecule has 114 valence electrons. The number of carbonyl (C=O) groups excluding carboxylic acids is 1. The summed E-state index contributed by atoms with van der Waals surface area (Å²) in [4.78, 5) is 23.0. The topological polar surface area (TPSA) is 98.7 Å². The normalized spacial score (nSPS) is 34.2. The molecule has 0 aromatic carbocycles. The second-order valence-electron chi connectivity index (χ2n) is 5.91. The molecule has 0 aromatic rings. The van der Waals surface area contributed by atoms with Crippen molar-refractivity contribution >= 4 is 12.0 Å². The van der Waals surface area contributed by atoms with Gasteiger partial charge in [0.1, 0.15) is 0 Å². The van der Waals surface area contributed by atoms with Crippen molar-refractivity contribution in [3.05, 3.63) is 0 Å². The Morgan fingerprint density at radius 3 is 2.25 bits per heavy atom. The number of urea groups is 1. The van der Waals surface area contributed by atoms with E-state index in [9.17, 15) is 14.7 Å². The van der Waals surface area contributed by atoms with Crippen molar-refractivity contribution in [3.8, 4) is 0 Å². The predicted molar refractivity (Wildman–Crippen MR) is 73.3 cm³/mol. The zero-order valence-electron chi connectivity index (χ0n) is 11.7. The number of aliphatic hydroxyl groups is 1. The first-order valence-corrected chi connectivity index (χ1v) is 7.56. The van der Waals surface area contributed by atoms with Crippen molar-refractivity contribution in [2.24, 2.45) is 5.92 Å². The number of carboxylic acid groups (broad SMARTS) is 1. The first-order valence-electron chi connectivity index (χ1n) is 7.56. The van der Waals surface area contributed by atoms with E-state index in [-0.39, 0.29) is 18.1 Å². The van der Waals surface area contributed by atoms with Crippen LogP contribution in [0.3, 0.4) is 0 Å². The van der Waals surface area contributed by atoms with Crippen LogP contribution >= 0.6 is 0 Å². The first-order chi connectivity index (χ1) is 9.58. The highest BCUT2D eigenvalue weighted by atomic mass is 16.4. The average molecular weight is 284 g/mol. The lowest BCUT2D eigenvalue weighted by Gasteiger charge is -2.24. The Morgan fingerprint density at radius 1 is 0.850 bits per heavy atom. The van der Waals surface area contributed by atoms with Gasteiger partial charge in [-0.05, 0) is 25.7 Å². The number of aliphatic carboxylic acids is 1. The number of rotatable bonds is 3. The lowest BCUT2D eigenvalue weighted by atomic mass is 10.0. The van der Waals surface area contributed by atoms with E-state index in [0.29, 0.717) is 19.3 Å². The lowest BCUT2D eigenvalue weighted by Crippen LogP contribution is -2.51. The molecule has 2 aliphatic rings. The summed E-state index contributed by atoms with van der Waals surface area (Å²) in [6, 6.07) is -0.869. The van der Waals surface area contributed by atoms with Crippen LogP contribution in [0.4, 0.5) is 4.79 Å². The molecule has 2 rings (SSSR count). The Labute approximate surface area is 118 Å². The summed E-state index contributed by atoms with van der Waals surface area (Å²) >= 11 is 0. The molecule has 0 aliphatic heterocycles. The minimum atomic E-state index is -0.845. The van der Waals surface area contributed by atoms with E-state index < -0.39 is 18.0 Å². The van der Waals surface area contributed by atoms with Crippen LogP contribution < -0.4 is 10.6 Å². The fourth-order valence-corrected chi connectivity index (χ4v) is 3.26. The Balaban J connectivity index is 1.83. The number of amides is 2. The molecule has 0 spiro atoms. The zero-order valence-corrected chi connectivity index (χ0v) is 11.7. The Kier molecular flexibility index (Phi) is 5.23. The zero-order chi connectivity index (χ0) is 14.5. The van der Waals surface area contributed by atoms with E-state index >= 15 is 0 Å². The molecule has 4 N–H and O–H groups in total. The van der Waals surface area contributed by atoms with E-state index in [1.807, 2.05) is 0 Å². The fourth-order valence-electron chi connectivity index (χ4n) is 3.26. The summed E-state index contributed by atoms with van der Waals surface area (Å²) in [5.41, 5.74) is 0. The number of carboxylic acids is 1. The smallest absolute Gasteiger partial charge is 0.315 e. The molecular weight excluding hydrogens is 260 g/mol. The maximum absolute atomic E-state index is 12.0. The van der Waals surface area contributed by atoms with E-state index in [0.717, 1.165) is 32.1 Å². The standard InChI is InChI=1S/C14H24N2O4/c17-12-8-3-1-2-6-11(12)16-14(20)15-10-7-4-5-9(10)13(18)19/h9-12,17H,1-8H2,(H,18,19)(H2,15,16,20). The minimum absolute atomic E-state index is 0.220. The summed E-state index contributed by atoms with van der Waals surface area (Å²) in [5, 5.41) is 24.6. The molecule has 0 saturated heterocycles. The SMILES string of the molecule is O=C(NC1CCCCCC1O)NC1CCCC1C(=O)O. The van der Waals surface area contributed by atoms with Crippen LogP contribution in [-0.2, 0) is 4.79 Å². The van der Waals surface area contributed by atoms with Crippen LogP contribution in [0.2, 0.25) is 0 Å². The highest BCUT2D eigenvalue weighted by molar-refractivity contribution is 5.77. The predicted octanol–water partition coefficient (Wildman–Crippen LogP) is 1.23. The summed E-state index contributed by atoms with van der Waals surface area (Å²) in [6.45, 7) is 0. The summed E-state index contributed by atoms with van der Waals surface area (Å²) in [6.07, 6.45) is 6.22. The molecule has 0 heterocycles. The third-order valence-corrected chi connectivity index (χ3v) is 4.45. The van der Waals surface area contributed by atoms with Gasteiger partial charge in [0, 0.05) is 6.04 Å². The number of aliphatic hydroxyl groups excluding tert-OH is 1. The molecule has 6 heteroatoms. The molecular formula is C14H24N2O4.